The highest BCUT2D eigenvalue weighted by atomic mass is 32.2. The topological polar surface area (TPSA) is 83.1 Å². The molecular formula is C16H21N3O3S. The molecule has 1 saturated heterocycles. The van der Waals surface area contributed by atoms with Gasteiger partial charge in [0.05, 0.1) is 11.0 Å². The van der Waals surface area contributed by atoms with Crippen molar-refractivity contribution in [3.05, 3.63) is 24.3 Å². The number of hydrogen-bond donors (Lipinski definition) is 1. The molecule has 1 aliphatic heterocycles. The van der Waals surface area contributed by atoms with Crippen molar-refractivity contribution in [1.29, 1.82) is 0 Å². The summed E-state index contributed by atoms with van der Waals surface area (Å²) in [6, 6.07) is 7.26. The molecule has 1 unspecified atom stereocenters. The Morgan fingerprint density at radius 3 is 2.87 bits per heavy atom. The first kappa shape index (κ1) is 16.0. The Morgan fingerprint density at radius 2 is 2.13 bits per heavy atom. The van der Waals surface area contributed by atoms with Gasteiger partial charge in [-0.3, -0.25) is 4.79 Å². The van der Waals surface area contributed by atoms with Crippen LogP contribution in [0.25, 0.3) is 11.0 Å². The number of carbonyl (C=O) groups is 1. The molecule has 3 rings (SSSR count). The van der Waals surface area contributed by atoms with Crippen molar-refractivity contribution in [1.82, 2.24) is 14.9 Å². The number of nitrogens with one attached hydrogen (secondary N) is 1. The summed E-state index contributed by atoms with van der Waals surface area (Å²) in [6.07, 6.45) is 3.84. The van der Waals surface area contributed by atoms with Gasteiger partial charge in [0.25, 0.3) is 0 Å². The van der Waals surface area contributed by atoms with Crippen LogP contribution >= 0.6 is 0 Å². The summed E-state index contributed by atoms with van der Waals surface area (Å²) in [7, 11) is -3.76. The zero-order chi connectivity index (χ0) is 16.4. The van der Waals surface area contributed by atoms with E-state index in [1.807, 2.05) is 13.0 Å². The lowest BCUT2D eigenvalue weighted by atomic mass is 10.0. The lowest BCUT2D eigenvalue weighted by Crippen LogP contribution is -2.45. The molecule has 0 saturated carbocycles. The van der Waals surface area contributed by atoms with Crippen LogP contribution in [0, 0.1) is 0 Å². The normalized spacial score (nSPS) is 19.2. The second-order valence-corrected chi connectivity index (χ2v) is 7.87. The van der Waals surface area contributed by atoms with Crippen molar-refractivity contribution in [3.8, 4) is 0 Å². The molecular weight excluding hydrogens is 314 g/mol. The highest BCUT2D eigenvalue weighted by Gasteiger charge is 2.30. The monoisotopic (exact) mass is 335 g/mol. The number of likely N-dealkylation sites (tertiary alicyclic amines) is 1. The van der Waals surface area contributed by atoms with Crippen molar-refractivity contribution in [2.45, 2.75) is 43.8 Å². The number of para-hydroxylation sites is 2. The van der Waals surface area contributed by atoms with E-state index in [-0.39, 0.29) is 17.1 Å². The molecule has 1 fully saturated rings. The second kappa shape index (κ2) is 6.31. The number of imidazole rings is 1. The zero-order valence-electron chi connectivity index (χ0n) is 13.2. The molecule has 23 heavy (non-hydrogen) atoms. The van der Waals surface area contributed by atoms with Gasteiger partial charge in [0.2, 0.25) is 20.9 Å². The van der Waals surface area contributed by atoms with Gasteiger partial charge in [-0.1, -0.05) is 19.1 Å². The molecule has 2 aromatic rings. The van der Waals surface area contributed by atoms with Gasteiger partial charge < -0.3 is 9.88 Å². The molecule has 0 spiro atoms. The van der Waals surface area contributed by atoms with Crippen molar-refractivity contribution in [2.75, 3.05) is 12.3 Å². The van der Waals surface area contributed by atoms with Crippen molar-refractivity contribution in [2.24, 2.45) is 0 Å². The largest absolute Gasteiger partial charge is 0.339 e. The quantitative estimate of drug-likeness (QED) is 0.928. The SMILES string of the molecule is CCC1CCCCN1C(=O)CS(=O)(=O)c1nc2ccccc2[nH]1. The van der Waals surface area contributed by atoms with Crippen LogP contribution in [0.3, 0.4) is 0 Å². The average molecular weight is 335 g/mol. The van der Waals surface area contributed by atoms with E-state index < -0.39 is 15.6 Å². The summed E-state index contributed by atoms with van der Waals surface area (Å²) in [5.41, 5.74) is 1.24. The van der Waals surface area contributed by atoms with Gasteiger partial charge in [-0.05, 0) is 37.8 Å². The van der Waals surface area contributed by atoms with E-state index in [0.717, 1.165) is 25.7 Å². The fourth-order valence-corrected chi connectivity index (χ4v) is 4.27. The molecule has 2 heterocycles. The number of hydrogen-bond acceptors (Lipinski definition) is 4. The Bertz CT molecular complexity index is 780. The Balaban J connectivity index is 1.81. The number of fused-ring (bicyclic) bond motifs is 1. The molecule has 1 N–H and O–H groups in total. The Morgan fingerprint density at radius 1 is 1.35 bits per heavy atom. The first-order chi connectivity index (χ1) is 11.0. The maximum absolute atomic E-state index is 12.5. The molecule has 1 aromatic heterocycles. The third-order valence-electron chi connectivity index (χ3n) is 4.39. The highest BCUT2D eigenvalue weighted by molar-refractivity contribution is 7.91. The number of sulfone groups is 1. The summed E-state index contributed by atoms with van der Waals surface area (Å²) < 4.78 is 25.0. The number of rotatable bonds is 4. The number of piperidine rings is 1. The smallest absolute Gasteiger partial charge is 0.238 e. The van der Waals surface area contributed by atoms with Gasteiger partial charge in [0, 0.05) is 12.6 Å². The highest BCUT2D eigenvalue weighted by Crippen LogP contribution is 2.21. The molecule has 0 bridgehead atoms. The lowest BCUT2D eigenvalue weighted by Gasteiger charge is -2.35. The van der Waals surface area contributed by atoms with Gasteiger partial charge in [0.1, 0.15) is 5.75 Å². The fourth-order valence-electron chi connectivity index (χ4n) is 3.14. The predicted octanol–water partition coefficient (Wildman–Crippen LogP) is 2.13. The zero-order valence-corrected chi connectivity index (χ0v) is 14.0. The number of aromatic nitrogens is 2. The summed E-state index contributed by atoms with van der Waals surface area (Å²) >= 11 is 0. The van der Waals surface area contributed by atoms with Gasteiger partial charge in [-0.2, -0.15) is 0 Å². The number of aromatic amines is 1. The minimum absolute atomic E-state index is 0.128. The first-order valence-corrected chi connectivity index (χ1v) is 9.63. The molecule has 124 valence electrons. The minimum Gasteiger partial charge on any atom is -0.339 e. The summed E-state index contributed by atoms with van der Waals surface area (Å²) in [5.74, 6) is -0.847. The molecule has 0 radical (unpaired) electrons. The maximum atomic E-state index is 12.5. The molecule has 1 atom stereocenters. The van der Waals surface area contributed by atoms with Gasteiger partial charge in [-0.25, -0.2) is 13.4 Å². The number of amides is 1. The summed E-state index contributed by atoms with van der Waals surface area (Å²) in [5, 5.41) is -0.128. The van der Waals surface area contributed by atoms with E-state index in [2.05, 4.69) is 9.97 Å². The van der Waals surface area contributed by atoms with Gasteiger partial charge >= 0.3 is 0 Å². The number of carbonyl (C=O) groups excluding carboxylic acids is 1. The average Bonchev–Trinajstić information content (AvgIpc) is 2.99. The van der Waals surface area contributed by atoms with Crippen molar-refractivity contribution < 1.29 is 13.2 Å². The lowest BCUT2D eigenvalue weighted by molar-refractivity contribution is -0.132. The fraction of sp³-hybridized carbons (Fsp3) is 0.500. The van der Waals surface area contributed by atoms with Crippen LogP contribution < -0.4 is 0 Å². The number of benzene rings is 1. The van der Waals surface area contributed by atoms with E-state index in [9.17, 15) is 13.2 Å². The van der Waals surface area contributed by atoms with Crippen LogP contribution in [0.2, 0.25) is 0 Å². The molecule has 0 aliphatic carbocycles. The number of nitrogens with zero attached hydrogens (tertiary/aromatic N) is 2. The Hall–Kier alpha value is -1.89. The van der Waals surface area contributed by atoms with Crippen LogP contribution in [-0.2, 0) is 14.6 Å². The first-order valence-electron chi connectivity index (χ1n) is 7.98. The van der Waals surface area contributed by atoms with Crippen LogP contribution in [0.15, 0.2) is 29.4 Å². The second-order valence-electron chi connectivity index (χ2n) is 5.96. The van der Waals surface area contributed by atoms with Crippen molar-refractivity contribution in [3.63, 3.8) is 0 Å². The van der Waals surface area contributed by atoms with E-state index in [1.54, 1.807) is 23.1 Å². The van der Waals surface area contributed by atoms with E-state index in [4.69, 9.17) is 0 Å². The van der Waals surface area contributed by atoms with Gasteiger partial charge in [-0.15, -0.1) is 0 Å². The summed E-state index contributed by atoms with van der Waals surface area (Å²) in [4.78, 5) is 21.1. The van der Waals surface area contributed by atoms with E-state index in [1.165, 1.54) is 0 Å². The van der Waals surface area contributed by atoms with Gasteiger partial charge in [0.15, 0.2) is 0 Å². The van der Waals surface area contributed by atoms with Crippen LogP contribution in [0.1, 0.15) is 32.6 Å². The summed E-state index contributed by atoms with van der Waals surface area (Å²) in [6.45, 7) is 2.68. The third-order valence-corrected chi connectivity index (χ3v) is 5.80. The molecule has 1 amide bonds. The third kappa shape index (κ3) is 3.24. The Kier molecular flexibility index (Phi) is 4.39. The standard InChI is InChI=1S/C16H21N3O3S/c1-2-12-7-5-6-10-19(12)15(20)11-23(21,22)16-17-13-8-3-4-9-14(13)18-16/h3-4,8-9,12H,2,5-7,10-11H2,1H3,(H,17,18). The van der Waals surface area contributed by atoms with Crippen LogP contribution in [0.4, 0.5) is 0 Å². The molecule has 7 heteroatoms. The van der Waals surface area contributed by atoms with Crippen LogP contribution in [0.5, 0.6) is 0 Å². The van der Waals surface area contributed by atoms with Crippen molar-refractivity contribution >= 4 is 26.8 Å². The van der Waals surface area contributed by atoms with E-state index >= 15 is 0 Å². The van der Waals surface area contributed by atoms with E-state index in [0.29, 0.717) is 17.6 Å². The molecule has 6 nitrogen and oxygen atoms in total. The molecule has 1 aliphatic rings. The predicted molar refractivity (Wildman–Crippen MR) is 87.8 cm³/mol. The molecule has 1 aromatic carbocycles. The number of H-pyrrole nitrogens is 1. The Labute approximate surface area is 135 Å². The minimum atomic E-state index is -3.76. The maximum Gasteiger partial charge on any atom is 0.238 e. The van der Waals surface area contributed by atoms with Crippen LogP contribution in [-0.4, -0.2) is 47.5 Å².